The van der Waals surface area contributed by atoms with Gasteiger partial charge in [-0.05, 0) is 36.7 Å². The molecule has 0 bridgehead atoms. The molecule has 2 aromatic carbocycles. The molecule has 0 spiro atoms. The lowest BCUT2D eigenvalue weighted by Crippen LogP contribution is -2.24. The zero-order valence-corrected chi connectivity index (χ0v) is 15.4. The molecule has 0 aliphatic carbocycles. The van der Waals surface area contributed by atoms with Gasteiger partial charge in [0, 0.05) is 27.2 Å². The Bertz CT molecular complexity index is 795. The van der Waals surface area contributed by atoms with E-state index in [0.29, 0.717) is 6.04 Å². The molecule has 3 rings (SSSR count). The van der Waals surface area contributed by atoms with Crippen molar-refractivity contribution < 1.29 is 0 Å². The number of benzene rings is 2. The van der Waals surface area contributed by atoms with Crippen LogP contribution in [0.15, 0.2) is 66.9 Å². The minimum atomic E-state index is -0.612. The molecule has 1 heterocycles. The van der Waals surface area contributed by atoms with Gasteiger partial charge in [-0.3, -0.25) is 0 Å². The van der Waals surface area contributed by atoms with Crippen molar-refractivity contribution in [2.45, 2.75) is 19.9 Å². The summed E-state index contributed by atoms with van der Waals surface area (Å²) in [6.45, 7) is 4.35. The zero-order valence-electron chi connectivity index (χ0n) is 13.7. The summed E-state index contributed by atoms with van der Waals surface area (Å²) in [6.07, 6.45) is 2.23. The standard InChI is InChI=1S/C19H21N2PS/c1-15(2)21-14-18(20(3)19(21)23)22(16-10-6-4-7-11-16)17-12-8-5-9-13-17/h4-15H,1-3H3. The molecule has 0 radical (unpaired) electrons. The molecule has 0 fully saturated rings. The summed E-state index contributed by atoms with van der Waals surface area (Å²) in [5.74, 6) is 0. The Kier molecular flexibility index (Phi) is 4.79. The normalized spacial score (nSPS) is 11.3. The molecule has 3 aromatic rings. The van der Waals surface area contributed by atoms with Gasteiger partial charge in [-0.1, -0.05) is 60.7 Å². The summed E-state index contributed by atoms with van der Waals surface area (Å²) in [4.78, 5) is 0. The van der Waals surface area contributed by atoms with Gasteiger partial charge in [0.15, 0.2) is 4.77 Å². The summed E-state index contributed by atoms with van der Waals surface area (Å²) in [5.41, 5.74) is 1.29. The number of aromatic nitrogens is 2. The highest BCUT2D eigenvalue weighted by atomic mass is 32.1. The molecule has 2 nitrogen and oxygen atoms in total. The molecule has 0 saturated carbocycles. The second kappa shape index (κ2) is 6.82. The summed E-state index contributed by atoms with van der Waals surface area (Å²) in [6, 6.07) is 21.8. The Morgan fingerprint density at radius 1 is 0.870 bits per heavy atom. The third kappa shape index (κ3) is 3.17. The fourth-order valence-corrected chi connectivity index (χ4v) is 5.51. The fourth-order valence-electron chi connectivity index (χ4n) is 2.68. The lowest BCUT2D eigenvalue weighted by atomic mass is 10.4. The molecule has 4 heteroatoms. The Morgan fingerprint density at radius 3 is 1.74 bits per heavy atom. The van der Waals surface area contributed by atoms with E-state index in [-0.39, 0.29) is 0 Å². The average Bonchev–Trinajstić information content (AvgIpc) is 2.86. The number of nitrogens with zero attached hydrogens (tertiary/aromatic N) is 2. The van der Waals surface area contributed by atoms with Crippen molar-refractivity contribution in [3.8, 4) is 0 Å². The highest BCUT2D eigenvalue weighted by Crippen LogP contribution is 2.33. The number of hydrogen-bond acceptors (Lipinski definition) is 1. The molecule has 0 N–H and O–H groups in total. The SMILES string of the molecule is CC(C)n1cc(P(c2ccccc2)c2ccccc2)n(C)c1=S. The minimum absolute atomic E-state index is 0.367. The van der Waals surface area contributed by atoms with Crippen molar-refractivity contribution >= 4 is 36.2 Å². The highest BCUT2D eigenvalue weighted by molar-refractivity contribution is 7.79. The second-order valence-electron chi connectivity index (χ2n) is 5.84. The molecule has 23 heavy (non-hydrogen) atoms. The molecule has 0 aliphatic rings. The largest absolute Gasteiger partial charge is 0.321 e. The predicted octanol–water partition coefficient (Wildman–Crippen LogP) is 3.90. The van der Waals surface area contributed by atoms with Gasteiger partial charge >= 0.3 is 0 Å². The quantitative estimate of drug-likeness (QED) is 0.517. The lowest BCUT2D eigenvalue weighted by Gasteiger charge is -2.19. The summed E-state index contributed by atoms with van der Waals surface area (Å²) < 4.78 is 5.24. The van der Waals surface area contributed by atoms with Crippen molar-refractivity contribution in [3.63, 3.8) is 0 Å². The van der Waals surface area contributed by atoms with Gasteiger partial charge in [-0.15, -0.1) is 0 Å². The summed E-state index contributed by atoms with van der Waals surface area (Å²) in [7, 11) is 1.47. The Balaban J connectivity index is 2.22. The van der Waals surface area contributed by atoms with Crippen molar-refractivity contribution in [2.75, 3.05) is 0 Å². The Morgan fingerprint density at radius 2 is 1.35 bits per heavy atom. The first-order chi connectivity index (χ1) is 11.1. The van der Waals surface area contributed by atoms with E-state index in [1.807, 2.05) is 0 Å². The van der Waals surface area contributed by atoms with E-state index in [2.05, 4.69) is 96.9 Å². The van der Waals surface area contributed by atoms with Gasteiger partial charge in [0.05, 0.1) is 5.44 Å². The van der Waals surface area contributed by atoms with E-state index in [1.165, 1.54) is 16.0 Å². The molecule has 0 amide bonds. The molecule has 0 unspecified atom stereocenters. The van der Waals surface area contributed by atoms with Crippen LogP contribution in [0.4, 0.5) is 0 Å². The summed E-state index contributed by atoms with van der Waals surface area (Å²) in [5, 5.41) is 2.69. The van der Waals surface area contributed by atoms with Crippen LogP contribution in [0.1, 0.15) is 19.9 Å². The van der Waals surface area contributed by atoms with Gasteiger partial charge in [-0.2, -0.15) is 0 Å². The maximum absolute atomic E-state index is 5.65. The Hall–Kier alpha value is -1.70. The summed E-state index contributed by atoms with van der Waals surface area (Å²) >= 11 is 5.65. The monoisotopic (exact) mass is 340 g/mol. The van der Waals surface area contributed by atoms with Crippen LogP contribution < -0.4 is 16.0 Å². The van der Waals surface area contributed by atoms with Crippen LogP contribution >= 0.6 is 20.1 Å². The van der Waals surface area contributed by atoms with Crippen LogP contribution in [-0.2, 0) is 7.05 Å². The number of rotatable bonds is 4. The van der Waals surface area contributed by atoms with Crippen molar-refractivity contribution in [2.24, 2.45) is 7.05 Å². The van der Waals surface area contributed by atoms with Crippen LogP contribution in [0.5, 0.6) is 0 Å². The third-order valence-corrected chi connectivity index (χ3v) is 6.91. The lowest BCUT2D eigenvalue weighted by molar-refractivity contribution is 0.582. The van der Waals surface area contributed by atoms with E-state index >= 15 is 0 Å². The van der Waals surface area contributed by atoms with E-state index in [0.717, 1.165) is 4.77 Å². The van der Waals surface area contributed by atoms with Gasteiger partial charge in [-0.25, -0.2) is 0 Å². The van der Waals surface area contributed by atoms with Crippen molar-refractivity contribution in [3.05, 3.63) is 71.6 Å². The van der Waals surface area contributed by atoms with Crippen LogP contribution in [0.25, 0.3) is 0 Å². The van der Waals surface area contributed by atoms with Crippen LogP contribution in [-0.4, -0.2) is 9.13 Å². The smallest absolute Gasteiger partial charge is 0.180 e. The highest BCUT2D eigenvalue weighted by Gasteiger charge is 2.21. The van der Waals surface area contributed by atoms with Crippen molar-refractivity contribution in [1.82, 2.24) is 9.13 Å². The minimum Gasteiger partial charge on any atom is -0.321 e. The van der Waals surface area contributed by atoms with Gasteiger partial charge in [0.2, 0.25) is 0 Å². The number of imidazole rings is 1. The predicted molar refractivity (Wildman–Crippen MR) is 103 cm³/mol. The van der Waals surface area contributed by atoms with E-state index < -0.39 is 7.92 Å². The first-order valence-corrected chi connectivity index (χ1v) is 9.52. The third-order valence-electron chi connectivity index (χ3n) is 3.92. The Labute approximate surface area is 144 Å². The molecular weight excluding hydrogens is 319 g/mol. The van der Waals surface area contributed by atoms with Crippen LogP contribution in [0, 0.1) is 4.77 Å². The van der Waals surface area contributed by atoms with Gasteiger partial charge in [0.25, 0.3) is 0 Å². The molecule has 1 aromatic heterocycles. The number of hydrogen-bond donors (Lipinski definition) is 0. The molecule has 0 atom stereocenters. The van der Waals surface area contributed by atoms with Crippen molar-refractivity contribution in [1.29, 1.82) is 0 Å². The topological polar surface area (TPSA) is 9.86 Å². The van der Waals surface area contributed by atoms with E-state index in [1.54, 1.807) is 0 Å². The van der Waals surface area contributed by atoms with E-state index in [4.69, 9.17) is 12.2 Å². The first-order valence-electron chi connectivity index (χ1n) is 7.77. The zero-order chi connectivity index (χ0) is 16.4. The van der Waals surface area contributed by atoms with E-state index in [9.17, 15) is 0 Å². The first kappa shape index (κ1) is 16.2. The van der Waals surface area contributed by atoms with Gasteiger partial charge < -0.3 is 9.13 Å². The molecule has 0 saturated heterocycles. The molecule has 118 valence electrons. The molecular formula is C19H21N2PS. The second-order valence-corrected chi connectivity index (χ2v) is 8.36. The fraction of sp³-hybridized carbons (Fsp3) is 0.211. The van der Waals surface area contributed by atoms with Crippen LogP contribution in [0.3, 0.4) is 0 Å². The maximum atomic E-state index is 5.65. The molecule has 0 aliphatic heterocycles. The average molecular weight is 340 g/mol. The van der Waals surface area contributed by atoms with Gasteiger partial charge in [0.1, 0.15) is 0 Å². The maximum Gasteiger partial charge on any atom is 0.180 e. The van der Waals surface area contributed by atoms with Crippen LogP contribution in [0.2, 0.25) is 0 Å².